The van der Waals surface area contributed by atoms with Gasteiger partial charge in [0, 0.05) is 25.7 Å². The largest absolute Gasteiger partial charge is 0.394 e. The highest BCUT2D eigenvalue weighted by Gasteiger charge is 2.39. The van der Waals surface area contributed by atoms with Crippen LogP contribution in [-0.4, -0.2) is 61.5 Å². The summed E-state index contributed by atoms with van der Waals surface area (Å²) in [5, 5.41) is 13.0. The van der Waals surface area contributed by atoms with E-state index in [1.165, 1.54) is 19.3 Å². The number of rotatable bonds is 5. The Balaban J connectivity index is 1.95. The van der Waals surface area contributed by atoms with Gasteiger partial charge in [-0.15, -0.1) is 0 Å². The van der Waals surface area contributed by atoms with E-state index in [-0.39, 0.29) is 12.7 Å². The van der Waals surface area contributed by atoms with E-state index in [1.807, 2.05) is 0 Å². The zero-order valence-corrected chi connectivity index (χ0v) is 13.4. The van der Waals surface area contributed by atoms with Gasteiger partial charge in [0.05, 0.1) is 19.3 Å². The highest BCUT2D eigenvalue weighted by Crippen LogP contribution is 2.39. The summed E-state index contributed by atoms with van der Waals surface area (Å²) in [6.45, 7) is 12.0. The lowest BCUT2D eigenvalue weighted by atomic mass is 9.67. The molecule has 4 nitrogen and oxygen atoms in total. The minimum absolute atomic E-state index is 0.0120. The van der Waals surface area contributed by atoms with Gasteiger partial charge in [0.2, 0.25) is 0 Å². The molecule has 1 saturated carbocycles. The van der Waals surface area contributed by atoms with E-state index in [0.29, 0.717) is 11.5 Å². The molecule has 0 amide bonds. The normalized spacial score (nSPS) is 35.1. The van der Waals surface area contributed by atoms with E-state index in [4.69, 9.17) is 4.74 Å². The van der Waals surface area contributed by atoms with Crippen molar-refractivity contribution in [1.82, 2.24) is 10.2 Å². The fourth-order valence-electron chi connectivity index (χ4n) is 4.03. The highest BCUT2D eigenvalue weighted by atomic mass is 16.5. The van der Waals surface area contributed by atoms with Crippen LogP contribution in [0.3, 0.4) is 0 Å². The van der Waals surface area contributed by atoms with Crippen molar-refractivity contribution in [2.75, 3.05) is 39.4 Å². The van der Waals surface area contributed by atoms with Gasteiger partial charge >= 0.3 is 0 Å². The first kappa shape index (κ1) is 16.2. The third-order valence-corrected chi connectivity index (χ3v) is 5.05. The van der Waals surface area contributed by atoms with Crippen LogP contribution >= 0.6 is 0 Å². The molecule has 20 heavy (non-hydrogen) atoms. The Morgan fingerprint density at radius 1 is 1.40 bits per heavy atom. The Morgan fingerprint density at radius 2 is 2.20 bits per heavy atom. The minimum atomic E-state index is 0.0120. The zero-order chi connectivity index (χ0) is 14.6. The number of hydrogen-bond donors (Lipinski definition) is 2. The molecule has 0 bridgehead atoms. The summed E-state index contributed by atoms with van der Waals surface area (Å²) in [6.07, 6.45) is 4.00. The summed E-state index contributed by atoms with van der Waals surface area (Å²) in [7, 11) is 0. The number of nitrogens with zero attached hydrogens (tertiary/aromatic N) is 1. The average Bonchev–Trinajstić information content (AvgIpc) is 2.43. The molecular weight excluding hydrogens is 252 g/mol. The van der Waals surface area contributed by atoms with Crippen LogP contribution in [0.5, 0.6) is 0 Å². The molecule has 2 rings (SSSR count). The van der Waals surface area contributed by atoms with Crippen molar-refractivity contribution < 1.29 is 9.84 Å². The van der Waals surface area contributed by atoms with E-state index in [2.05, 4.69) is 31.0 Å². The van der Waals surface area contributed by atoms with Crippen LogP contribution in [0.15, 0.2) is 0 Å². The van der Waals surface area contributed by atoms with E-state index in [1.54, 1.807) is 0 Å². The van der Waals surface area contributed by atoms with Gasteiger partial charge in [0.15, 0.2) is 0 Å². The molecule has 2 aliphatic rings. The van der Waals surface area contributed by atoms with Crippen molar-refractivity contribution in [3.8, 4) is 0 Å². The molecule has 3 atom stereocenters. The molecule has 0 aromatic heterocycles. The van der Waals surface area contributed by atoms with Crippen LogP contribution in [0.2, 0.25) is 0 Å². The Hall–Kier alpha value is -0.160. The molecule has 1 aliphatic carbocycles. The molecular formula is C16H32N2O2. The maximum atomic E-state index is 9.27. The SMILES string of the molecule is CCNC1C(CN2CCOC(CO)C2)CCCC1(C)C. The third-order valence-electron chi connectivity index (χ3n) is 5.05. The summed E-state index contributed by atoms with van der Waals surface area (Å²) in [4.78, 5) is 2.49. The number of morpholine rings is 1. The first-order chi connectivity index (χ1) is 9.56. The summed E-state index contributed by atoms with van der Waals surface area (Å²) in [5.41, 5.74) is 0.390. The van der Waals surface area contributed by atoms with Gasteiger partial charge in [0.25, 0.3) is 0 Å². The zero-order valence-electron chi connectivity index (χ0n) is 13.4. The lowest BCUT2D eigenvalue weighted by Crippen LogP contribution is -2.54. The van der Waals surface area contributed by atoms with E-state index in [9.17, 15) is 5.11 Å². The van der Waals surface area contributed by atoms with Gasteiger partial charge in [-0.25, -0.2) is 0 Å². The van der Waals surface area contributed by atoms with Crippen molar-refractivity contribution in [3.63, 3.8) is 0 Å². The molecule has 2 N–H and O–H groups in total. The minimum Gasteiger partial charge on any atom is -0.394 e. The molecule has 4 heteroatoms. The Bertz CT molecular complexity index is 296. The van der Waals surface area contributed by atoms with Gasteiger partial charge in [-0.2, -0.15) is 0 Å². The second kappa shape index (κ2) is 7.21. The van der Waals surface area contributed by atoms with Crippen LogP contribution in [0, 0.1) is 11.3 Å². The molecule has 2 fully saturated rings. The maximum absolute atomic E-state index is 9.27. The fraction of sp³-hybridized carbons (Fsp3) is 1.00. The average molecular weight is 284 g/mol. The van der Waals surface area contributed by atoms with Gasteiger partial charge in [-0.05, 0) is 30.7 Å². The maximum Gasteiger partial charge on any atom is 0.0932 e. The lowest BCUT2D eigenvalue weighted by molar-refractivity contribution is -0.0613. The molecule has 0 aromatic carbocycles. The van der Waals surface area contributed by atoms with Crippen molar-refractivity contribution >= 4 is 0 Å². The van der Waals surface area contributed by atoms with Crippen LogP contribution in [-0.2, 0) is 4.74 Å². The second-order valence-electron chi connectivity index (χ2n) is 7.11. The third kappa shape index (κ3) is 3.94. The Labute approximate surface area is 123 Å². The van der Waals surface area contributed by atoms with Crippen LogP contribution in [0.4, 0.5) is 0 Å². The fourth-order valence-corrected chi connectivity index (χ4v) is 4.03. The van der Waals surface area contributed by atoms with Gasteiger partial charge in [-0.1, -0.05) is 27.2 Å². The first-order valence-electron chi connectivity index (χ1n) is 8.25. The van der Waals surface area contributed by atoms with Gasteiger partial charge in [-0.3, -0.25) is 4.90 Å². The summed E-state index contributed by atoms with van der Waals surface area (Å²) >= 11 is 0. The van der Waals surface area contributed by atoms with Crippen molar-refractivity contribution in [2.45, 2.75) is 52.2 Å². The van der Waals surface area contributed by atoms with Crippen molar-refractivity contribution in [2.24, 2.45) is 11.3 Å². The second-order valence-corrected chi connectivity index (χ2v) is 7.11. The Morgan fingerprint density at radius 3 is 2.90 bits per heavy atom. The monoisotopic (exact) mass is 284 g/mol. The van der Waals surface area contributed by atoms with Crippen molar-refractivity contribution in [3.05, 3.63) is 0 Å². The molecule has 0 spiro atoms. The van der Waals surface area contributed by atoms with E-state index >= 15 is 0 Å². The quantitative estimate of drug-likeness (QED) is 0.803. The Kier molecular flexibility index (Phi) is 5.84. The molecule has 0 radical (unpaired) electrons. The first-order valence-corrected chi connectivity index (χ1v) is 8.25. The smallest absolute Gasteiger partial charge is 0.0932 e. The molecule has 3 unspecified atom stereocenters. The molecule has 1 heterocycles. The predicted molar refractivity (Wildman–Crippen MR) is 81.9 cm³/mol. The van der Waals surface area contributed by atoms with Crippen LogP contribution < -0.4 is 5.32 Å². The summed E-state index contributed by atoms with van der Waals surface area (Å²) < 4.78 is 5.55. The van der Waals surface area contributed by atoms with Gasteiger partial charge in [0.1, 0.15) is 0 Å². The van der Waals surface area contributed by atoms with Crippen LogP contribution in [0.25, 0.3) is 0 Å². The molecule has 118 valence electrons. The topological polar surface area (TPSA) is 44.7 Å². The number of nitrogens with one attached hydrogen (secondary N) is 1. The molecule has 1 saturated heterocycles. The van der Waals surface area contributed by atoms with E-state index < -0.39 is 0 Å². The number of aliphatic hydroxyl groups is 1. The summed E-state index contributed by atoms with van der Waals surface area (Å²) in [6, 6.07) is 0.608. The van der Waals surface area contributed by atoms with Crippen LogP contribution in [0.1, 0.15) is 40.0 Å². The lowest BCUT2D eigenvalue weighted by Gasteiger charge is -2.46. The molecule has 1 aliphatic heterocycles. The standard InChI is InChI=1S/C16H32N2O2/c1-4-17-15-13(6-5-7-16(15,2)3)10-18-8-9-20-14(11-18)12-19/h13-15,17,19H,4-12H2,1-3H3. The highest BCUT2D eigenvalue weighted by molar-refractivity contribution is 4.94. The summed E-state index contributed by atoms with van der Waals surface area (Å²) in [5.74, 6) is 0.719. The van der Waals surface area contributed by atoms with E-state index in [0.717, 1.165) is 38.7 Å². The number of aliphatic hydroxyl groups excluding tert-OH is 1. The number of hydrogen-bond acceptors (Lipinski definition) is 4. The number of ether oxygens (including phenoxy) is 1. The van der Waals surface area contributed by atoms with Gasteiger partial charge < -0.3 is 15.2 Å². The molecule has 0 aromatic rings. The van der Waals surface area contributed by atoms with Crippen molar-refractivity contribution in [1.29, 1.82) is 0 Å². The predicted octanol–water partition coefficient (Wildman–Crippen LogP) is 1.48.